The minimum Gasteiger partial charge on any atom is -0.309 e. The van der Waals surface area contributed by atoms with Crippen molar-refractivity contribution in [1.29, 1.82) is 0 Å². The first-order chi connectivity index (χ1) is 31.3. The van der Waals surface area contributed by atoms with E-state index in [2.05, 4.69) is 43.3 Å². The fraction of sp³-hybridized carbons (Fsp3) is 0.164. The van der Waals surface area contributed by atoms with Gasteiger partial charge in [-0.3, -0.25) is 14.2 Å². The van der Waals surface area contributed by atoms with Gasteiger partial charge >= 0.3 is 7.60 Å². The van der Waals surface area contributed by atoms with Crippen molar-refractivity contribution in [2.45, 2.75) is 46.7 Å². The van der Waals surface area contributed by atoms with E-state index in [1.54, 1.807) is 38.1 Å². The Balaban J connectivity index is 0.000000286. The predicted molar refractivity (Wildman–Crippen MR) is 280 cm³/mol. The molecule has 0 bridgehead atoms. The van der Waals surface area contributed by atoms with E-state index in [9.17, 15) is 14.2 Å². The van der Waals surface area contributed by atoms with Gasteiger partial charge in [-0.05, 0) is 117 Å². The van der Waals surface area contributed by atoms with Crippen LogP contribution in [-0.2, 0) is 35.2 Å². The van der Waals surface area contributed by atoms with Crippen molar-refractivity contribution < 1.29 is 23.2 Å². The second kappa shape index (κ2) is 33.4. The van der Waals surface area contributed by atoms with Crippen LogP contribution in [0.3, 0.4) is 0 Å². The number of carbonyl (C=O) groups excluding carboxylic acids is 2. The molecule has 0 aliphatic rings. The summed E-state index contributed by atoms with van der Waals surface area (Å²) in [6.45, 7) is 10.5. The van der Waals surface area contributed by atoms with Crippen LogP contribution in [0.1, 0.15) is 63.9 Å². The number of benzene rings is 6. The summed E-state index contributed by atoms with van der Waals surface area (Å²) in [5.41, 5.74) is 10.2. The van der Waals surface area contributed by atoms with Crippen LogP contribution in [-0.4, -0.2) is 25.8 Å². The zero-order valence-electron chi connectivity index (χ0n) is 37.5. The van der Waals surface area contributed by atoms with Crippen LogP contribution in [0.25, 0.3) is 24.3 Å². The molecule has 65 heavy (non-hydrogen) atoms. The van der Waals surface area contributed by atoms with Crippen molar-refractivity contribution in [3.05, 3.63) is 235 Å². The van der Waals surface area contributed by atoms with Crippen molar-refractivity contribution in [3.8, 4) is 0 Å². The lowest BCUT2D eigenvalue weighted by atomic mass is 10.1. The number of allylic oxidation sites excluding steroid dienone is 4. The Labute approximate surface area is 406 Å². The van der Waals surface area contributed by atoms with Crippen LogP contribution in [0, 0.1) is 20.8 Å². The van der Waals surface area contributed by atoms with Gasteiger partial charge in [-0.25, -0.2) is 0 Å². The number of aldehydes is 2. The molecular weight excluding hydrogens is 913 g/mol. The Morgan fingerprint density at radius 1 is 0.431 bits per heavy atom. The van der Waals surface area contributed by atoms with Gasteiger partial charge in [0.25, 0.3) is 0 Å². The second-order valence-corrected chi connectivity index (χ2v) is 17.6. The Kier molecular flexibility index (Phi) is 28.8. The molecule has 0 aliphatic heterocycles. The third kappa shape index (κ3) is 26.5. The summed E-state index contributed by atoms with van der Waals surface area (Å²) >= 11 is 22.8. The van der Waals surface area contributed by atoms with E-state index in [1.165, 1.54) is 34.4 Å². The molecule has 0 atom stereocenters. The first-order valence-electron chi connectivity index (χ1n) is 20.8. The maximum atomic E-state index is 12.2. The van der Waals surface area contributed by atoms with Gasteiger partial charge in [-0.1, -0.05) is 197 Å². The summed E-state index contributed by atoms with van der Waals surface area (Å²) in [5.74, 6) is 0.553. The predicted octanol–water partition coefficient (Wildman–Crippen LogP) is 17.0. The fourth-order valence-corrected chi connectivity index (χ4v) is 7.41. The molecule has 10 heteroatoms. The summed E-state index contributed by atoms with van der Waals surface area (Å²) in [4.78, 5) is 19.9. The number of rotatable bonds is 14. The van der Waals surface area contributed by atoms with Gasteiger partial charge in [-0.2, -0.15) is 0 Å². The number of aryl methyl sites for hydroxylation is 3. The molecule has 0 radical (unpaired) electrons. The van der Waals surface area contributed by atoms with E-state index in [1.807, 2.05) is 135 Å². The molecule has 6 aromatic carbocycles. The number of hydrogen-bond acceptors (Lipinski definition) is 5. The minimum absolute atomic E-state index is 0.284. The van der Waals surface area contributed by atoms with Crippen molar-refractivity contribution in [3.63, 3.8) is 0 Å². The molecule has 0 saturated carbocycles. The van der Waals surface area contributed by atoms with Crippen LogP contribution in [0.4, 0.5) is 0 Å². The number of hydrogen-bond donors (Lipinski definition) is 0. The van der Waals surface area contributed by atoms with E-state index in [4.69, 9.17) is 55.5 Å². The molecule has 0 amide bonds. The van der Waals surface area contributed by atoms with Crippen LogP contribution < -0.4 is 0 Å². The molecule has 340 valence electrons. The van der Waals surface area contributed by atoms with Gasteiger partial charge in [0.05, 0.1) is 19.4 Å². The second-order valence-electron chi connectivity index (χ2n) is 14.0. The van der Waals surface area contributed by atoms with Crippen molar-refractivity contribution in [1.82, 2.24) is 0 Å². The van der Waals surface area contributed by atoms with Gasteiger partial charge in [0.15, 0.2) is 0 Å². The molecular formula is C55H57Cl4O5P. The maximum absolute atomic E-state index is 12.2. The third-order valence-corrected chi connectivity index (χ3v) is 11.7. The van der Waals surface area contributed by atoms with Gasteiger partial charge in [0, 0.05) is 20.9 Å². The SMILES string of the molecule is CCOP(=O)(Cc1ccc(Cl)cc1)OCC.Cc1ccc(/C=C/C=C/c2ccc(Cl)cc2)cc1.Cc1ccc(/C=C/C=O)cc1.Cc1ccc(/C=C/C=O)cc1.ClCc1ccc(Cl)cc1. The summed E-state index contributed by atoms with van der Waals surface area (Å²) in [5, 5.41) is 2.18. The normalized spacial score (nSPS) is 10.8. The highest BCUT2D eigenvalue weighted by Crippen LogP contribution is 2.51. The quantitative estimate of drug-likeness (QED) is 0.0358. The third-order valence-electron chi connectivity index (χ3n) is 8.53. The van der Waals surface area contributed by atoms with E-state index in [0.29, 0.717) is 24.1 Å². The van der Waals surface area contributed by atoms with Crippen molar-refractivity contribution in [2.24, 2.45) is 0 Å². The van der Waals surface area contributed by atoms with Gasteiger partial charge in [-0.15, -0.1) is 11.6 Å². The van der Waals surface area contributed by atoms with Crippen LogP contribution in [0.2, 0.25) is 15.1 Å². The van der Waals surface area contributed by atoms with E-state index < -0.39 is 7.60 Å². The number of alkyl halides is 1. The van der Waals surface area contributed by atoms with Crippen molar-refractivity contribution in [2.75, 3.05) is 13.2 Å². The zero-order chi connectivity index (χ0) is 47.7. The Hall–Kier alpha value is -5.07. The lowest BCUT2D eigenvalue weighted by Crippen LogP contribution is -1.98. The first kappa shape index (κ1) is 56.1. The van der Waals surface area contributed by atoms with E-state index in [-0.39, 0.29) is 6.16 Å². The Morgan fingerprint density at radius 2 is 0.708 bits per heavy atom. The first-order valence-corrected chi connectivity index (χ1v) is 24.2. The minimum atomic E-state index is -3.00. The molecule has 0 saturated heterocycles. The number of carbonyl (C=O) groups is 2. The average Bonchev–Trinajstić information content (AvgIpc) is 3.31. The summed E-state index contributed by atoms with van der Waals surface area (Å²) in [6, 6.07) is 46.9. The summed E-state index contributed by atoms with van der Waals surface area (Å²) in [7, 11) is -3.00. The summed E-state index contributed by atoms with van der Waals surface area (Å²) < 4.78 is 22.6. The lowest BCUT2D eigenvalue weighted by molar-refractivity contribution is -0.104. The molecule has 0 spiro atoms. The lowest BCUT2D eigenvalue weighted by Gasteiger charge is -2.16. The molecule has 0 aromatic heterocycles. The van der Waals surface area contributed by atoms with Gasteiger partial charge in [0.2, 0.25) is 0 Å². The van der Waals surface area contributed by atoms with Crippen LogP contribution >= 0.6 is 54.0 Å². The molecule has 0 N–H and O–H groups in total. The van der Waals surface area contributed by atoms with E-state index in [0.717, 1.165) is 50.4 Å². The van der Waals surface area contributed by atoms with Gasteiger partial charge in [0.1, 0.15) is 12.6 Å². The summed E-state index contributed by atoms with van der Waals surface area (Å²) in [6.07, 6.45) is 16.6. The Morgan fingerprint density at radius 3 is 1.00 bits per heavy atom. The largest absolute Gasteiger partial charge is 0.335 e. The smallest absolute Gasteiger partial charge is 0.309 e. The maximum Gasteiger partial charge on any atom is 0.335 e. The number of halogens is 4. The Bertz CT molecular complexity index is 2270. The highest BCUT2D eigenvalue weighted by molar-refractivity contribution is 7.53. The average molecular weight is 971 g/mol. The molecule has 0 fully saturated rings. The molecule has 6 aromatic rings. The molecule has 5 nitrogen and oxygen atoms in total. The fourth-order valence-electron chi connectivity index (χ4n) is 5.15. The standard InChI is InChI=1S/C17H15Cl.C11H16ClO3P.2C10H10O.C7H6Cl2/c1-14-6-8-15(9-7-14)4-2-3-5-16-10-12-17(18)13-11-16;1-3-14-16(13,15-4-2)9-10-5-7-11(12)8-6-10;2*1-9-4-6-10(7-5-9)3-2-8-11;8-5-6-1-3-7(9)4-2-6/h2-13H,1H3;5-8H,3-4,9H2,1-2H3;2*2-8H,1H3;1-4H,5H2/b4-2+,5-3+;;2*3-2+;. The van der Waals surface area contributed by atoms with Crippen LogP contribution in [0.15, 0.2) is 170 Å². The van der Waals surface area contributed by atoms with E-state index >= 15 is 0 Å². The molecule has 6 rings (SSSR count). The molecule has 0 unspecified atom stereocenters. The molecule has 0 heterocycles. The zero-order valence-corrected chi connectivity index (χ0v) is 41.4. The van der Waals surface area contributed by atoms with Crippen molar-refractivity contribution >= 4 is 90.9 Å². The highest BCUT2D eigenvalue weighted by atomic mass is 35.5. The van der Waals surface area contributed by atoms with Crippen LogP contribution in [0.5, 0.6) is 0 Å². The monoisotopic (exact) mass is 968 g/mol. The highest BCUT2D eigenvalue weighted by Gasteiger charge is 2.23. The van der Waals surface area contributed by atoms with Gasteiger partial charge < -0.3 is 9.05 Å². The molecule has 0 aliphatic carbocycles. The topological polar surface area (TPSA) is 69.7 Å².